The van der Waals surface area contributed by atoms with Crippen molar-refractivity contribution in [2.45, 2.75) is 38.5 Å². The molecular formula is C22H19Cl2NO2. The maximum Gasteiger partial charge on any atom is 0.343 e. The van der Waals surface area contributed by atoms with Crippen LogP contribution in [-0.2, 0) is 12.8 Å². The van der Waals surface area contributed by atoms with Gasteiger partial charge >= 0.3 is 5.97 Å². The van der Waals surface area contributed by atoms with Crippen LogP contribution in [0.5, 0.6) is 5.75 Å². The number of carbonyl (C=O) groups is 1. The second kappa shape index (κ2) is 7.54. The van der Waals surface area contributed by atoms with Gasteiger partial charge in [-0.05, 0) is 66.1 Å². The third kappa shape index (κ3) is 3.57. The number of ether oxygens (including phenoxy) is 1. The second-order valence-corrected chi connectivity index (χ2v) is 8.19. The molecule has 0 spiro atoms. The number of benzene rings is 2. The van der Waals surface area contributed by atoms with Crippen LogP contribution in [0, 0.1) is 23.2 Å². The Balaban J connectivity index is 1.56. The van der Waals surface area contributed by atoms with Gasteiger partial charge in [-0.15, -0.1) is 0 Å². The monoisotopic (exact) mass is 399 g/mol. The molecule has 2 aliphatic carbocycles. The molecule has 0 amide bonds. The Morgan fingerprint density at radius 2 is 1.74 bits per heavy atom. The van der Waals surface area contributed by atoms with Crippen molar-refractivity contribution in [2.24, 2.45) is 11.8 Å². The molecule has 2 aromatic carbocycles. The van der Waals surface area contributed by atoms with Crippen LogP contribution in [0.3, 0.4) is 0 Å². The van der Waals surface area contributed by atoms with E-state index in [-0.39, 0.29) is 0 Å². The van der Waals surface area contributed by atoms with Crippen molar-refractivity contribution in [1.82, 2.24) is 0 Å². The van der Waals surface area contributed by atoms with Crippen LogP contribution >= 0.6 is 23.2 Å². The van der Waals surface area contributed by atoms with Gasteiger partial charge in [0.1, 0.15) is 5.02 Å². The largest absolute Gasteiger partial charge is 0.421 e. The van der Waals surface area contributed by atoms with Gasteiger partial charge in [0, 0.05) is 0 Å². The van der Waals surface area contributed by atoms with Crippen molar-refractivity contribution >= 4 is 29.2 Å². The fourth-order valence-electron chi connectivity index (χ4n) is 4.39. The van der Waals surface area contributed by atoms with Crippen LogP contribution < -0.4 is 4.74 Å². The summed E-state index contributed by atoms with van der Waals surface area (Å²) >= 11 is 12.9. The number of nitriles is 1. The van der Waals surface area contributed by atoms with Gasteiger partial charge in [-0.25, -0.2) is 4.79 Å². The summed E-state index contributed by atoms with van der Waals surface area (Å²) in [5.74, 6) is 1.17. The number of hydrogen-bond acceptors (Lipinski definition) is 3. The zero-order valence-electron chi connectivity index (χ0n) is 14.8. The quantitative estimate of drug-likeness (QED) is 0.470. The normalized spacial score (nSPS) is 18.9. The summed E-state index contributed by atoms with van der Waals surface area (Å²) in [6, 6.07) is 10.2. The molecule has 138 valence electrons. The molecule has 0 radical (unpaired) electrons. The van der Waals surface area contributed by atoms with E-state index in [4.69, 9.17) is 33.2 Å². The van der Waals surface area contributed by atoms with Crippen molar-refractivity contribution in [3.8, 4) is 11.8 Å². The number of hydrogen-bond donors (Lipinski definition) is 0. The van der Waals surface area contributed by atoms with Crippen LogP contribution in [-0.4, -0.2) is 5.97 Å². The molecule has 3 nitrogen and oxygen atoms in total. The number of esters is 1. The average Bonchev–Trinajstić information content (AvgIpc) is 3.35. The zero-order chi connectivity index (χ0) is 19.0. The molecule has 0 aliphatic heterocycles. The second-order valence-electron chi connectivity index (χ2n) is 7.43. The minimum atomic E-state index is -0.511. The first kappa shape index (κ1) is 18.3. The third-order valence-electron chi connectivity index (χ3n) is 5.83. The van der Waals surface area contributed by atoms with Crippen LogP contribution in [0.25, 0.3) is 0 Å². The van der Waals surface area contributed by atoms with E-state index in [9.17, 15) is 4.79 Å². The van der Waals surface area contributed by atoms with Gasteiger partial charge in [-0.2, -0.15) is 5.26 Å². The fourth-order valence-corrected chi connectivity index (χ4v) is 4.88. The highest BCUT2D eigenvalue weighted by atomic mass is 35.5. The van der Waals surface area contributed by atoms with Crippen molar-refractivity contribution in [3.63, 3.8) is 0 Å². The number of rotatable bonds is 3. The minimum absolute atomic E-state index is 0.296. The Hall–Kier alpha value is -2.02. The summed E-state index contributed by atoms with van der Waals surface area (Å²) in [6.07, 6.45) is 7.16. The van der Waals surface area contributed by atoms with Crippen molar-refractivity contribution in [2.75, 3.05) is 0 Å². The third-order valence-corrected chi connectivity index (χ3v) is 6.72. The van der Waals surface area contributed by atoms with Crippen molar-refractivity contribution in [3.05, 3.63) is 62.6 Å². The van der Waals surface area contributed by atoms with Crippen LogP contribution in [0.4, 0.5) is 0 Å². The molecule has 0 saturated heterocycles. The Bertz CT molecular complexity index is 925. The number of carbonyl (C=O) groups excluding carboxylic acids is 1. The summed E-state index contributed by atoms with van der Waals surface area (Å²) < 4.78 is 5.53. The summed E-state index contributed by atoms with van der Waals surface area (Å²) in [6.45, 7) is 0. The summed E-state index contributed by atoms with van der Waals surface area (Å²) in [7, 11) is 0. The molecule has 27 heavy (non-hydrogen) atoms. The van der Waals surface area contributed by atoms with E-state index in [2.05, 4.69) is 0 Å². The fraction of sp³-hybridized carbons (Fsp3) is 0.364. The molecule has 1 atom stereocenters. The standard InChI is InChI=1S/C22H19Cl2NO2/c23-20-18-10-16(14-3-1-2-4-14)9-17(18)11-19(21(20)24)27-22(26)15-7-5-13(12-25)6-8-15/h5-8,11,14,16H,1-4,9-10H2. The molecule has 0 N–H and O–H groups in total. The molecule has 0 aromatic heterocycles. The Kier molecular flexibility index (Phi) is 5.12. The van der Waals surface area contributed by atoms with Gasteiger partial charge in [0.25, 0.3) is 0 Å². The summed E-state index contributed by atoms with van der Waals surface area (Å²) in [5, 5.41) is 9.67. The topological polar surface area (TPSA) is 50.1 Å². The minimum Gasteiger partial charge on any atom is -0.421 e. The number of fused-ring (bicyclic) bond motifs is 1. The van der Waals surface area contributed by atoms with E-state index in [1.54, 1.807) is 24.3 Å². The predicted molar refractivity (Wildman–Crippen MR) is 105 cm³/mol. The molecular weight excluding hydrogens is 381 g/mol. The Morgan fingerprint density at radius 3 is 2.41 bits per heavy atom. The predicted octanol–water partition coefficient (Wildman–Crippen LogP) is 5.99. The molecule has 0 bridgehead atoms. The van der Waals surface area contributed by atoms with E-state index < -0.39 is 5.97 Å². The van der Waals surface area contributed by atoms with Gasteiger partial charge in [0.15, 0.2) is 5.75 Å². The highest BCUT2D eigenvalue weighted by Crippen LogP contribution is 2.46. The lowest BCUT2D eigenvalue weighted by atomic mass is 9.88. The van der Waals surface area contributed by atoms with Crippen LogP contribution in [0.2, 0.25) is 10.0 Å². The highest BCUT2D eigenvalue weighted by Gasteiger charge is 2.33. The first-order valence-electron chi connectivity index (χ1n) is 9.29. The van der Waals surface area contributed by atoms with Crippen LogP contribution in [0.15, 0.2) is 30.3 Å². The van der Waals surface area contributed by atoms with E-state index in [0.717, 1.165) is 29.9 Å². The number of nitrogens with zero attached hydrogens (tertiary/aromatic N) is 1. The van der Waals surface area contributed by atoms with Gasteiger partial charge in [0.2, 0.25) is 0 Å². The van der Waals surface area contributed by atoms with Gasteiger partial charge in [0.05, 0.1) is 22.2 Å². The first-order valence-corrected chi connectivity index (χ1v) is 10.0. The lowest BCUT2D eigenvalue weighted by Gasteiger charge is -2.16. The van der Waals surface area contributed by atoms with Crippen molar-refractivity contribution in [1.29, 1.82) is 5.26 Å². The van der Waals surface area contributed by atoms with Gasteiger partial charge < -0.3 is 4.74 Å². The molecule has 2 aliphatic rings. The maximum atomic E-state index is 12.4. The van der Waals surface area contributed by atoms with Gasteiger partial charge in [-0.1, -0.05) is 48.9 Å². The molecule has 1 fully saturated rings. The van der Waals surface area contributed by atoms with E-state index >= 15 is 0 Å². The summed E-state index contributed by atoms with van der Waals surface area (Å²) in [4.78, 5) is 12.4. The maximum absolute atomic E-state index is 12.4. The zero-order valence-corrected chi connectivity index (χ0v) is 16.3. The number of halogens is 2. The van der Waals surface area contributed by atoms with Crippen LogP contribution in [0.1, 0.15) is 52.7 Å². The van der Waals surface area contributed by atoms with E-state index in [0.29, 0.717) is 32.8 Å². The lowest BCUT2D eigenvalue weighted by Crippen LogP contribution is -2.11. The Labute approximate surface area is 168 Å². The molecule has 5 heteroatoms. The lowest BCUT2D eigenvalue weighted by molar-refractivity contribution is 0.0735. The molecule has 1 unspecified atom stereocenters. The Morgan fingerprint density at radius 1 is 1.04 bits per heavy atom. The molecule has 0 heterocycles. The van der Waals surface area contributed by atoms with Gasteiger partial charge in [-0.3, -0.25) is 0 Å². The van der Waals surface area contributed by atoms with Crippen molar-refractivity contribution < 1.29 is 9.53 Å². The first-order chi connectivity index (χ1) is 13.1. The molecule has 4 rings (SSSR count). The molecule has 2 aromatic rings. The highest BCUT2D eigenvalue weighted by molar-refractivity contribution is 6.43. The summed E-state index contributed by atoms with van der Waals surface area (Å²) in [5.41, 5.74) is 3.11. The van der Waals surface area contributed by atoms with E-state index in [1.807, 2.05) is 12.1 Å². The smallest absolute Gasteiger partial charge is 0.343 e. The molecule has 1 saturated carbocycles. The average molecular weight is 400 g/mol. The van der Waals surface area contributed by atoms with E-state index in [1.165, 1.54) is 25.7 Å². The SMILES string of the molecule is N#Cc1ccc(C(=O)Oc2cc3c(c(Cl)c2Cl)CC(C2CCCC2)C3)cc1.